The van der Waals surface area contributed by atoms with Gasteiger partial charge in [0.15, 0.2) is 0 Å². The molecule has 1 aliphatic rings. The number of hydrogen-bond acceptors (Lipinski definition) is 1. The van der Waals surface area contributed by atoms with E-state index in [1.54, 1.807) is 0 Å². The molecule has 96 valence electrons. The lowest BCUT2D eigenvalue weighted by atomic mass is 10.0. The molecule has 2 nitrogen and oxygen atoms in total. The van der Waals surface area contributed by atoms with Gasteiger partial charge in [-0.3, -0.25) is 0 Å². The average molecular weight is 235 g/mol. The highest BCUT2D eigenvalue weighted by Crippen LogP contribution is 2.19. The summed E-state index contributed by atoms with van der Waals surface area (Å²) in [7, 11) is 0. The Bertz CT molecular complexity index is 244. The third-order valence-electron chi connectivity index (χ3n) is 3.83. The Hall–Kier alpha value is -0.860. The van der Waals surface area contributed by atoms with Gasteiger partial charge in [0.1, 0.15) is 0 Å². The van der Waals surface area contributed by atoms with E-state index in [-0.39, 0.29) is 0 Å². The van der Waals surface area contributed by atoms with Gasteiger partial charge in [0, 0.05) is 0 Å². The Morgan fingerprint density at radius 2 is 1.65 bits per heavy atom. The lowest BCUT2D eigenvalue weighted by molar-refractivity contribution is -0.913. The van der Waals surface area contributed by atoms with Crippen molar-refractivity contribution in [3.63, 3.8) is 0 Å². The van der Waals surface area contributed by atoms with Crippen molar-refractivity contribution in [1.82, 2.24) is 5.32 Å². The molecular weight excluding hydrogens is 208 g/mol. The van der Waals surface area contributed by atoms with E-state index in [0.29, 0.717) is 6.04 Å². The molecule has 1 fully saturated rings. The zero-order chi connectivity index (χ0) is 12.7. The van der Waals surface area contributed by atoms with Crippen LogP contribution in [0.2, 0.25) is 0 Å². The summed E-state index contributed by atoms with van der Waals surface area (Å²) in [6.45, 7) is 19.3. The minimum absolute atomic E-state index is 0.620. The number of hydrogen-bond donors (Lipinski definition) is 1. The van der Waals surface area contributed by atoms with Crippen LogP contribution >= 0.6 is 0 Å². The molecule has 2 unspecified atom stereocenters. The SMILES string of the molecule is C=CC[N+](CC=C)(CC=C)CC1NCCC1C. The number of rotatable bonds is 8. The van der Waals surface area contributed by atoms with Crippen molar-refractivity contribution >= 4 is 0 Å². The molecule has 1 saturated heterocycles. The van der Waals surface area contributed by atoms with E-state index >= 15 is 0 Å². The second-order valence-corrected chi connectivity index (χ2v) is 5.26. The fraction of sp³-hybridized carbons (Fsp3) is 0.600. The highest BCUT2D eigenvalue weighted by atomic mass is 15.4. The highest BCUT2D eigenvalue weighted by molar-refractivity contribution is 4.84. The van der Waals surface area contributed by atoms with Crippen molar-refractivity contribution < 1.29 is 4.48 Å². The Kier molecular flexibility index (Phi) is 5.66. The molecule has 0 saturated carbocycles. The maximum atomic E-state index is 3.90. The van der Waals surface area contributed by atoms with E-state index in [4.69, 9.17) is 0 Å². The minimum Gasteiger partial charge on any atom is -0.313 e. The van der Waals surface area contributed by atoms with E-state index in [0.717, 1.165) is 43.1 Å². The second kappa shape index (κ2) is 6.77. The molecule has 0 bridgehead atoms. The summed E-state index contributed by atoms with van der Waals surface area (Å²) in [5, 5.41) is 3.62. The normalized spacial score (nSPS) is 24.5. The molecule has 0 aromatic heterocycles. The molecule has 2 atom stereocenters. The second-order valence-electron chi connectivity index (χ2n) is 5.26. The van der Waals surface area contributed by atoms with Crippen LogP contribution in [0, 0.1) is 5.92 Å². The summed E-state index contributed by atoms with van der Waals surface area (Å²) >= 11 is 0. The van der Waals surface area contributed by atoms with Crippen LogP contribution in [0.1, 0.15) is 13.3 Å². The maximum Gasteiger partial charge on any atom is 0.0976 e. The molecule has 0 amide bonds. The molecule has 0 spiro atoms. The van der Waals surface area contributed by atoms with Crippen LogP contribution in [-0.4, -0.2) is 43.2 Å². The van der Waals surface area contributed by atoms with Gasteiger partial charge in [0.05, 0.1) is 32.2 Å². The zero-order valence-electron chi connectivity index (χ0n) is 11.2. The fourth-order valence-corrected chi connectivity index (χ4v) is 2.83. The van der Waals surface area contributed by atoms with Crippen LogP contribution in [-0.2, 0) is 0 Å². The van der Waals surface area contributed by atoms with Gasteiger partial charge in [-0.1, -0.05) is 26.7 Å². The molecule has 1 heterocycles. The Labute approximate surface area is 106 Å². The van der Waals surface area contributed by atoms with Crippen molar-refractivity contribution in [2.45, 2.75) is 19.4 Å². The molecule has 1 N–H and O–H groups in total. The molecule has 0 aliphatic carbocycles. The quantitative estimate of drug-likeness (QED) is 0.503. The predicted octanol–water partition coefficient (Wildman–Crippen LogP) is 2.36. The van der Waals surface area contributed by atoms with Crippen LogP contribution in [0.25, 0.3) is 0 Å². The summed E-state index contributed by atoms with van der Waals surface area (Å²) in [4.78, 5) is 0. The van der Waals surface area contributed by atoms with Gasteiger partial charge >= 0.3 is 0 Å². The van der Waals surface area contributed by atoms with Crippen LogP contribution in [0.5, 0.6) is 0 Å². The van der Waals surface area contributed by atoms with Crippen LogP contribution < -0.4 is 5.32 Å². The van der Waals surface area contributed by atoms with Crippen molar-refractivity contribution in [2.24, 2.45) is 5.92 Å². The van der Waals surface area contributed by atoms with E-state index in [9.17, 15) is 0 Å². The molecule has 0 radical (unpaired) electrons. The van der Waals surface area contributed by atoms with E-state index in [1.165, 1.54) is 6.42 Å². The summed E-state index contributed by atoms with van der Waals surface area (Å²) in [5.41, 5.74) is 0. The third kappa shape index (κ3) is 3.83. The fourth-order valence-electron chi connectivity index (χ4n) is 2.83. The number of nitrogens with one attached hydrogen (secondary N) is 1. The first-order valence-corrected chi connectivity index (χ1v) is 6.58. The van der Waals surface area contributed by atoms with Crippen molar-refractivity contribution in [1.29, 1.82) is 0 Å². The topological polar surface area (TPSA) is 12.0 Å². The summed E-state index contributed by atoms with van der Waals surface area (Å²) in [6, 6.07) is 0.620. The first-order chi connectivity index (χ1) is 8.17. The Morgan fingerprint density at radius 3 is 2.00 bits per heavy atom. The maximum absolute atomic E-state index is 3.90. The Morgan fingerprint density at radius 1 is 1.12 bits per heavy atom. The van der Waals surface area contributed by atoms with Gasteiger partial charge in [-0.25, -0.2) is 0 Å². The van der Waals surface area contributed by atoms with Gasteiger partial charge in [0.25, 0.3) is 0 Å². The van der Waals surface area contributed by atoms with Gasteiger partial charge in [-0.15, -0.1) is 0 Å². The zero-order valence-corrected chi connectivity index (χ0v) is 11.2. The number of quaternary nitrogens is 1. The molecule has 1 rings (SSSR count). The lowest BCUT2D eigenvalue weighted by Crippen LogP contribution is -2.55. The van der Waals surface area contributed by atoms with Crippen LogP contribution in [0.4, 0.5) is 0 Å². The lowest BCUT2D eigenvalue weighted by Gasteiger charge is -2.39. The summed E-state index contributed by atoms with van der Waals surface area (Å²) in [6.07, 6.45) is 7.35. The van der Waals surface area contributed by atoms with Crippen LogP contribution in [0.3, 0.4) is 0 Å². The van der Waals surface area contributed by atoms with Gasteiger partial charge in [-0.05, 0) is 37.1 Å². The summed E-state index contributed by atoms with van der Waals surface area (Å²) < 4.78 is 0.999. The van der Waals surface area contributed by atoms with E-state index < -0.39 is 0 Å². The monoisotopic (exact) mass is 235 g/mol. The molecule has 1 aliphatic heterocycles. The average Bonchev–Trinajstić information content (AvgIpc) is 2.65. The molecular formula is C15H27N2+. The van der Waals surface area contributed by atoms with Crippen molar-refractivity contribution in [3.05, 3.63) is 38.0 Å². The van der Waals surface area contributed by atoms with Gasteiger partial charge in [0.2, 0.25) is 0 Å². The van der Waals surface area contributed by atoms with Crippen molar-refractivity contribution in [2.75, 3.05) is 32.7 Å². The van der Waals surface area contributed by atoms with Crippen molar-refractivity contribution in [3.8, 4) is 0 Å². The third-order valence-corrected chi connectivity index (χ3v) is 3.83. The van der Waals surface area contributed by atoms with E-state index in [2.05, 4.69) is 32.0 Å². The molecule has 17 heavy (non-hydrogen) atoms. The molecule has 0 aromatic carbocycles. The van der Waals surface area contributed by atoms with Gasteiger partial charge in [-0.2, -0.15) is 0 Å². The Balaban J connectivity index is 2.74. The highest BCUT2D eigenvalue weighted by Gasteiger charge is 2.32. The standard InChI is InChI=1S/C15H27N2/c1-5-10-17(11-6-2,12-7-3)13-15-14(4)8-9-16-15/h5-7,14-16H,1-3,8-13H2,4H3/q+1. The predicted molar refractivity (Wildman–Crippen MR) is 75.9 cm³/mol. The minimum atomic E-state index is 0.620. The molecule has 0 aromatic rings. The largest absolute Gasteiger partial charge is 0.313 e. The summed E-state index contributed by atoms with van der Waals surface area (Å²) in [5.74, 6) is 0.770. The van der Waals surface area contributed by atoms with E-state index in [1.807, 2.05) is 18.2 Å². The first kappa shape index (κ1) is 14.2. The first-order valence-electron chi connectivity index (χ1n) is 6.58. The molecule has 2 heteroatoms. The van der Waals surface area contributed by atoms with Crippen LogP contribution in [0.15, 0.2) is 38.0 Å². The van der Waals surface area contributed by atoms with Gasteiger partial charge < -0.3 is 9.80 Å². The smallest absolute Gasteiger partial charge is 0.0976 e. The number of nitrogens with zero attached hydrogens (tertiary/aromatic N) is 1.